The maximum absolute atomic E-state index is 11.9. The molecule has 4 N–H and O–H groups in total. The Morgan fingerprint density at radius 1 is 1.47 bits per heavy atom. The van der Waals surface area contributed by atoms with Gasteiger partial charge in [0.15, 0.2) is 5.13 Å². The number of nitrogens with one attached hydrogen (secondary N) is 2. The summed E-state index contributed by atoms with van der Waals surface area (Å²) in [6, 6.07) is 4.83. The molecule has 0 spiro atoms. The molecule has 2 rings (SSSR count). The zero-order valence-electron chi connectivity index (χ0n) is 8.61. The normalized spacial score (nSPS) is 10.0. The van der Waals surface area contributed by atoms with E-state index in [0.29, 0.717) is 21.4 Å². The van der Waals surface area contributed by atoms with Crippen LogP contribution in [0.2, 0.25) is 5.02 Å². The second-order valence-electron chi connectivity index (χ2n) is 3.13. The van der Waals surface area contributed by atoms with Gasteiger partial charge in [0.1, 0.15) is 0 Å². The second-order valence-corrected chi connectivity index (χ2v) is 4.46. The molecule has 0 aliphatic rings. The quantitative estimate of drug-likeness (QED) is 0.590. The van der Waals surface area contributed by atoms with Crippen LogP contribution in [0.3, 0.4) is 0 Å². The molecule has 0 bridgehead atoms. The molecule has 5 nitrogen and oxygen atoms in total. The van der Waals surface area contributed by atoms with Gasteiger partial charge >= 0.3 is 0 Å². The molecule has 1 aromatic heterocycles. The average Bonchev–Trinajstić information content (AvgIpc) is 2.81. The van der Waals surface area contributed by atoms with E-state index in [-0.39, 0.29) is 5.91 Å². The van der Waals surface area contributed by atoms with Crippen molar-refractivity contribution in [1.29, 1.82) is 0 Å². The fraction of sp³-hybridized carbons (Fsp3) is 0. The maximum Gasteiger partial charge on any atom is 0.259 e. The number of nitrogens with two attached hydrogens (primary N) is 1. The van der Waals surface area contributed by atoms with Crippen molar-refractivity contribution in [3.63, 3.8) is 0 Å². The first-order chi connectivity index (χ1) is 8.20. The molecule has 0 fully saturated rings. The molecule has 1 aromatic carbocycles. The predicted octanol–water partition coefficient (Wildman–Crippen LogP) is 2.33. The number of nitrogens with zero attached hydrogens (tertiary/aromatic N) is 1. The molecule has 0 saturated heterocycles. The number of anilines is 2. The lowest BCUT2D eigenvalue weighted by atomic mass is 10.1. The summed E-state index contributed by atoms with van der Waals surface area (Å²) in [6.45, 7) is 0. The van der Waals surface area contributed by atoms with Crippen LogP contribution in [-0.2, 0) is 0 Å². The van der Waals surface area contributed by atoms with Crippen LogP contribution in [-0.4, -0.2) is 10.9 Å². The summed E-state index contributed by atoms with van der Waals surface area (Å²) >= 11 is 7.17. The Bertz CT molecular complexity index is 529. The summed E-state index contributed by atoms with van der Waals surface area (Å²) in [6.07, 6.45) is 1.61. The minimum atomic E-state index is -0.310. The van der Waals surface area contributed by atoms with Crippen LogP contribution in [0.4, 0.5) is 10.8 Å². The van der Waals surface area contributed by atoms with Gasteiger partial charge in [0.2, 0.25) is 0 Å². The largest absolute Gasteiger partial charge is 0.323 e. The summed E-state index contributed by atoms with van der Waals surface area (Å²) in [4.78, 5) is 15.9. The number of aromatic nitrogens is 1. The van der Waals surface area contributed by atoms with E-state index in [4.69, 9.17) is 17.4 Å². The molecule has 0 aliphatic heterocycles. The van der Waals surface area contributed by atoms with E-state index >= 15 is 0 Å². The Balaban J connectivity index is 2.26. The topological polar surface area (TPSA) is 80.0 Å². The molecule has 0 atom stereocenters. The van der Waals surface area contributed by atoms with Gasteiger partial charge in [-0.15, -0.1) is 11.3 Å². The number of hydrogen-bond donors (Lipinski definition) is 3. The number of rotatable bonds is 3. The highest BCUT2D eigenvalue weighted by Crippen LogP contribution is 2.21. The monoisotopic (exact) mass is 268 g/mol. The number of thiazole rings is 1. The van der Waals surface area contributed by atoms with Crippen molar-refractivity contribution in [2.24, 2.45) is 5.84 Å². The third kappa shape index (κ3) is 2.73. The smallest absolute Gasteiger partial charge is 0.259 e. The van der Waals surface area contributed by atoms with Crippen LogP contribution in [0.5, 0.6) is 0 Å². The summed E-state index contributed by atoms with van der Waals surface area (Å²) in [5, 5.41) is 5.42. The maximum atomic E-state index is 11.9. The summed E-state index contributed by atoms with van der Waals surface area (Å²) in [5.74, 6) is 5.02. The van der Waals surface area contributed by atoms with Crippen LogP contribution in [0.15, 0.2) is 29.8 Å². The van der Waals surface area contributed by atoms with Crippen LogP contribution >= 0.6 is 22.9 Å². The number of carbonyl (C=O) groups excluding carboxylic acids is 1. The fourth-order valence-electron chi connectivity index (χ4n) is 1.28. The Morgan fingerprint density at radius 2 is 2.29 bits per heavy atom. The van der Waals surface area contributed by atoms with Gasteiger partial charge in [0, 0.05) is 16.6 Å². The summed E-state index contributed by atoms with van der Waals surface area (Å²) in [5.41, 5.74) is 3.32. The minimum Gasteiger partial charge on any atom is -0.323 e. The molecule has 0 radical (unpaired) electrons. The number of hydrazine groups is 1. The molecule has 7 heteroatoms. The molecule has 17 heavy (non-hydrogen) atoms. The highest BCUT2D eigenvalue weighted by atomic mass is 35.5. The minimum absolute atomic E-state index is 0.310. The predicted molar refractivity (Wildman–Crippen MR) is 69.3 cm³/mol. The van der Waals surface area contributed by atoms with E-state index in [2.05, 4.69) is 15.7 Å². The van der Waals surface area contributed by atoms with Gasteiger partial charge in [-0.3, -0.25) is 16.0 Å². The van der Waals surface area contributed by atoms with E-state index in [0.717, 1.165) is 0 Å². The lowest BCUT2D eigenvalue weighted by Crippen LogP contribution is -2.17. The Kier molecular flexibility index (Phi) is 3.58. The molecule has 1 amide bonds. The lowest BCUT2D eigenvalue weighted by molar-refractivity contribution is 0.102. The van der Waals surface area contributed by atoms with Gasteiger partial charge < -0.3 is 5.43 Å². The third-order valence-corrected chi connectivity index (χ3v) is 2.96. The zero-order valence-corrected chi connectivity index (χ0v) is 10.2. The summed E-state index contributed by atoms with van der Waals surface area (Å²) in [7, 11) is 0. The number of nitrogen functional groups attached to an aromatic ring is 1. The SMILES string of the molecule is NNc1ccc(Cl)cc1C(=O)Nc1nccs1. The van der Waals surface area contributed by atoms with Gasteiger partial charge in [0.25, 0.3) is 5.91 Å². The highest BCUT2D eigenvalue weighted by Gasteiger charge is 2.12. The molecule has 1 heterocycles. The Hall–Kier alpha value is -1.63. The molecule has 2 aromatic rings. The number of hydrogen-bond acceptors (Lipinski definition) is 5. The zero-order chi connectivity index (χ0) is 12.3. The van der Waals surface area contributed by atoms with E-state index < -0.39 is 0 Å². The molecule has 0 unspecified atom stereocenters. The van der Waals surface area contributed by atoms with Crippen LogP contribution in [0, 0.1) is 0 Å². The number of carbonyl (C=O) groups is 1. The van der Waals surface area contributed by atoms with Crippen molar-refractivity contribution in [3.05, 3.63) is 40.4 Å². The standard InChI is InChI=1S/C10H9ClN4OS/c11-6-1-2-8(15-12)7(5-6)9(16)14-10-13-3-4-17-10/h1-5,15H,12H2,(H,13,14,16). The molecular formula is C10H9ClN4OS. The van der Waals surface area contributed by atoms with E-state index in [1.807, 2.05) is 0 Å². The molecule has 0 aliphatic carbocycles. The van der Waals surface area contributed by atoms with E-state index in [1.165, 1.54) is 11.3 Å². The molecular weight excluding hydrogens is 260 g/mol. The van der Waals surface area contributed by atoms with Crippen molar-refractivity contribution in [3.8, 4) is 0 Å². The molecule has 88 valence electrons. The first-order valence-electron chi connectivity index (χ1n) is 4.67. The van der Waals surface area contributed by atoms with Crippen LogP contribution < -0.4 is 16.6 Å². The number of amides is 1. The van der Waals surface area contributed by atoms with Gasteiger partial charge in [-0.05, 0) is 18.2 Å². The highest BCUT2D eigenvalue weighted by molar-refractivity contribution is 7.13. The lowest BCUT2D eigenvalue weighted by Gasteiger charge is -2.08. The number of halogens is 1. The Labute approximate surface area is 107 Å². The van der Waals surface area contributed by atoms with Crippen molar-refractivity contribution in [2.45, 2.75) is 0 Å². The van der Waals surface area contributed by atoms with Gasteiger partial charge in [-0.2, -0.15) is 0 Å². The average molecular weight is 269 g/mol. The first-order valence-corrected chi connectivity index (χ1v) is 5.93. The van der Waals surface area contributed by atoms with Crippen molar-refractivity contribution < 1.29 is 4.79 Å². The third-order valence-electron chi connectivity index (χ3n) is 2.03. The fourth-order valence-corrected chi connectivity index (χ4v) is 1.98. The van der Waals surface area contributed by atoms with Crippen molar-refractivity contribution >= 4 is 39.7 Å². The van der Waals surface area contributed by atoms with Gasteiger partial charge in [-0.25, -0.2) is 4.98 Å². The Morgan fingerprint density at radius 3 is 2.94 bits per heavy atom. The molecule has 0 saturated carbocycles. The summed E-state index contributed by atoms with van der Waals surface area (Å²) < 4.78 is 0. The van der Waals surface area contributed by atoms with E-state index in [9.17, 15) is 4.79 Å². The van der Waals surface area contributed by atoms with Crippen molar-refractivity contribution in [2.75, 3.05) is 10.7 Å². The second kappa shape index (κ2) is 5.13. The van der Waals surface area contributed by atoms with Crippen LogP contribution in [0.25, 0.3) is 0 Å². The van der Waals surface area contributed by atoms with Gasteiger partial charge in [0.05, 0.1) is 11.3 Å². The van der Waals surface area contributed by atoms with E-state index in [1.54, 1.807) is 29.8 Å². The number of benzene rings is 1. The first kappa shape index (κ1) is 11.8. The van der Waals surface area contributed by atoms with Crippen LogP contribution in [0.1, 0.15) is 10.4 Å². The van der Waals surface area contributed by atoms with Crippen molar-refractivity contribution in [1.82, 2.24) is 4.98 Å². The van der Waals surface area contributed by atoms with Gasteiger partial charge in [-0.1, -0.05) is 11.6 Å².